The first-order valence-corrected chi connectivity index (χ1v) is 15.5. The molecule has 3 rings (SSSR count). The lowest BCUT2D eigenvalue weighted by Crippen LogP contribution is -2.47. The maximum absolute atomic E-state index is 12.0. The minimum atomic E-state index is -0.705. The molecule has 0 saturated carbocycles. The highest BCUT2D eigenvalue weighted by Gasteiger charge is 2.47. The number of ether oxygens (including phenoxy) is 4. The quantitative estimate of drug-likeness (QED) is 0.0800. The molecule has 0 radical (unpaired) electrons. The smallest absolute Gasteiger partial charge is 0.335 e. The Kier molecular flexibility index (Phi) is 15.3. The molecule has 3 N–H and O–H groups in total. The lowest BCUT2D eigenvalue weighted by molar-refractivity contribution is -0.198. The van der Waals surface area contributed by atoms with Gasteiger partial charge in [0.2, 0.25) is 5.91 Å². The number of hydrogen-bond acceptors (Lipinski definition) is 12. The van der Waals surface area contributed by atoms with Crippen LogP contribution in [0.2, 0.25) is 0 Å². The van der Waals surface area contributed by atoms with Gasteiger partial charge in [0.15, 0.2) is 0 Å². The van der Waals surface area contributed by atoms with Crippen molar-refractivity contribution in [2.75, 3.05) is 78.2 Å². The molecule has 0 spiro atoms. The number of hydrogen-bond donors (Lipinski definition) is 3. The van der Waals surface area contributed by atoms with Gasteiger partial charge in [-0.2, -0.15) is 0 Å². The maximum atomic E-state index is 12.0. The Morgan fingerprint density at radius 2 is 1.50 bits per heavy atom. The normalized spacial score (nSPS) is 21.6. The monoisotopic (exact) mass is 617 g/mol. The lowest BCUT2D eigenvalue weighted by atomic mass is 10.1. The van der Waals surface area contributed by atoms with Crippen molar-refractivity contribution in [1.82, 2.24) is 25.9 Å². The van der Waals surface area contributed by atoms with Gasteiger partial charge in [-0.15, -0.1) is 16.8 Å². The molecule has 0 aliphatic carbocycles. The van der Waals surface area contributed by atoms with E-state index in [0.717, 1.165) is 12.2 Å². The van der Waals surface area contributed by atoms with Gasteiger partial charge >= 0.3 is 12.0 Å². The molecule has 3 heterocycles. The van der Waals surface area contributed by atoms with Gasteiger partial charge in [0, 0.05) is 38.1 Å². The second kappa shape index (κ2) is 18.9. The van der Waals surface area contributed by atoms with Crippen LogP contribution < -0.4 is 16.0 Å². The van der Waals surface area contributed by atoms with Crippen LogP contribution in [0.3, 0.4) is 0 Å². The molecule has 0 bridgehead atoms. The summed E-state index contributed by atoms with van der Waals surface area (Å²) in [5, 5.41) is 10.1. The largest absolute Gasteiger partial charge is 0.378 e. The van der Waals surface area contributed by atoms with Crippen molar-refractivity contribution in [3.63, 3.8) is 0 Å². The van der Waals surface area contributed by atoms with E-state index in [9.17, 15) is 24.0 Å². The molecular weight excluding hydrogens is 574 g/mol. The molecule has 42 heavy (non-hydrogen) atoms. The van der Waals surface area contributed by atoms with Gasteiger partial charge in [-0.1, -0.05) is 0 Å². The van der Waals surface area contributed by atoms with Gasteiger partial charge in [0.25, 0.3) is 11.8 Å². The zero-order valence-electron chi connectivity index (χ0n) is 24.1. The third-order valence-corrected chi connectivity index (χ3v) is 8.06. The van der Waals surface area contributed by atoms with Crippen molar-refractivity contribution >= 4 is 41.5 Å². The third kappa shape index (κ3) is 11.3. The van der Waals surface area contributed by atoms with Gasteiger partial charge in [-0.3, -0.25) is 14.4 Å². The number of likely N-dealkylation sites (N-methyl/N-ethyl adjacent to an activating group) is 1. The first kappa shape index (κ1) is 34.0. The Morgan fingerprint density at radius 3 is 2.14 bits per heavy atom. The van der Waals surface area contributed by atoms with E-state index >= 15 is 0 Å². The van der Waals surface area contributed by atoms with E-state index in [1.807, 2.05) is 23.6 Å². The molecular formula is C26H43N5O10S. The van der Waals surface area contributed by atoms with Crippen molar-refractivity contribution in [3.8, 4) is 0 Å². The van der Waals surface area contributed by atoms with Gasteiger partial charge in [0.1, 0.15) is 0 Å². The third-order valence-electron chi connectivity index (χ3n) is 6.71. The molecule has 0 aromatic rings. The summed E-state index contributed by atoms with van der Waals surface area (Å²) in [6, 6.07) is 0.365. The summed E-state index contributed by atoms with van der Waals surface area (Å²) >= 11 is 1.82. The fraction of sp³-hybridized carbons (Fsp3) is 0.808. The first-order chi connectivity index (χ1) is 20.4. The molecule has 0 aromatic carbocycles. The van der Waals surface area contributed by atoms with E-state index in [1.165, 1.54) is 0 Å². The zero-order chi connectivity index (χ0) is 30.2. The van der Waals surface area contributed by atoms with E-state index in [1.54, 1.807) is 0 Å². The Hall–Kier alpha value is -2.50. The summed E-state index contributed by atoms with van der Waals surface area (Å²) in [5.74, 6) is -0.847. The number of amides is 5. The Bertz CT molecular complexity index is 897. The first-order valence-electron chi connectivity index (χ1n) is 14.5. The summed E-state index contributed by atoms with van der Waals surface area (Å²) in [6.45, 7) is 6.49. The van der Waals surface area contributed by atoms with Crippen LogP contribution in [-0.2, 0) is 43.0 Å². The highest BCUT2D eigenvalue weighted by molar-refractivity contribution is 8.00. The number of carbonyl (C=O) groups excluding carboxylic acids is 5. The summed E-state index contributed by atoms with van der Waals surface area (Å²) in [5.41, 5.74) is 0. The molecule has 0 aromatic heterocycles. The number of nitrogens with zero attached hydrogens (tertiary/aromatic N) is 2. The maximum Gasteiger partial charge on any atom is 0.335 e. The fourth-order valence-electron chi connectivity index (χ4n) is 4.60. The van der Waals surface area contributed by atoms with E-state index in [4.69, 9.17) is 23.8 Å². The Balaban J connectivity index is 1.03. The van der Waals surface area contributed by atoms with Crippen molar-refractivity contribution in [3.05, 3.63) is 0 Å². The number of fused-ring (bicyclic) bond motifs is 1. The molecule has 3 atom stereocenters. The second-order valence-corrected chi connectivity index (χ2v) is 10.9. The molecule has 5 amide bonds. The number of rotatable bonds is 22. The molecule has 0 unspecified atom stereocenters. The van der Waals surface area contributed by atoms with E-state index in [-0.39, 0.29) is 61.9 Å². The van der Waals surface area contributed by atoms with Crippen LogP contribution in [0.25, 0.3) is 0 Å². The highest BCUT2D eigenvalue weighted by Crippen LogP contribution is 2.33. The van der Waals surface area contributed by atoms with Gasteiger partial charge in [-0.05, 0) is 19.9 Å². The number of nitrogens with one attached hydrogen (secondary N) is 3. The van der Waals surface area contributed by atoms with E-state index < -0.39 is 17.8 Å². The van der Waals surface area contributed by atoms with Crippen LogP contribution >= 0.6 is 11.8 Å². The van der Waals surface area contributed by atoms with E-state index in [0.29, 0.717) is 70.8 Å². The average Bonchev–Trinajstić information content (AvgIpc) is 3.61. The summed E-state index contributed by atoms with van der Waals surface area (Å²) < 4.78 is 21.5. The number of thioether (sulfide) groups is 1. The van der Waals surface area contributed by atoms with Crippen LogP contribution in [0, 0.1) is 0 Å². The van der Waals surface area contributed by atoms with Crippen LogP contribution in [0.15, 0.2) is 0 Å². The van der Waals surface area contributed by atoms with Crippen LogP contribution in [0.1, 0.15) is 39.0 Å². The Morgan fingerprint density at radius 1 is 0.881 bits per heavy atom. The van der Waals surface area contributed by atoms with Crippen LogP contribution in [0.5, 0.6) is 0 Å². The van der Waals surface area contributed by atoms with Gasteiger partial charge in [0.05, 0.1) is 76.7 Å². The number of carbonyl (C=O) groups is 5. The van der Waals surface area contributed by atoms with Crippen molar-refractivity contribution in [2.24, 2.45) is 0 Å². The lowest BCUT2D eigenvalue weighted by Gasteiger charge is -2.26. The molecule has 238 valence electrons. The van der Waals surface area contributed by atoms with Crippen molar-refractivity contribution in [2.45, 2.75) is 56.5 Å². The van der Waals surface area contributed by atoms with Gasteiger partial charge in [-0.25, -0.2) is 9.59 Å². The molecule has 3 aliphatic heterocycles. The predicted octanol–water partition coefficient (Wildman–Crippen LogP) is -0.609. The summed E-state index contributed by atoms with van der Waals surface area (Å²) in [6.07, 6.45) is 1.18. The number of hydroxylamine groups is 2. The topological polar surface area (TPSA) is 174 Å². The summed E-state index contributed by atoms with van der Waals surface area (Å²) in [7, 11) is 0. The minimum absolute atomic E-state index is 0.0100. The fourth-order valence-corrected chi connectivity index (χ4v) is 6.07. The molecule has 16 heteroatoms. The van der Waals surface area contributed by atoms with Crippen molar-refractivity contribution < 1.29 is 47.8 Å². The molecule has 3 fully saturated rings. The molecule has 15 nitrogen and oxygen atoms in total. The number of urea groups is 1. The van der Waals surface area contributed by atoms with Crippen LogP contribution in [0.4, 0.5) is 4.79 Å². The predicted molar refractivity (Wildman–Crippen MR) is 150 cm³/mol. The molecule has 3 saturated heterocycles. The van der Waals surface area contributed by atoms with Gasteiger partial charge < -0.3 is 44.6 Å². The number of imide groups is 1. The second-order valence-electron chi connectivity index (χ2n) is 9.74. The highest BCUT2D eigenvalue weighted by atomic mass is 32.2. The summed E-state index contributed by atoms with van der Waals surface area (Å²) in [4.78, 5) is 65.1. The molecule has 3 aliphatic rings. The van der Waals surface area contributed by atoms with Crippen LogP contribution in [-0.4, -0.2) is 135 Å². The zero-order valence-corrected chi connectivity index (χ0v) is 25.0. The standard InChI is InChI=1S/C26H43N5O10S/c1-2-30-24-19(29-26(30)36)18-42-25(24)28-8-3-4-20(32)27-9-11-38-13-15-40-17-16-39-14-12-37-10-7-23(35)41-31-21(33)5-6-22(31)34/h19,24-25,28H,2-18H2,1H3,(H,27,32)(H,29,36)/t19-,24-,25+/m0/s1. The van der Waals surface area contributed by atoms with E-state index in [2.05, 4.69) is 16.0 Å². The average molecular weight is 618 g/mol. The SMILES string of the molecule is CCN1C(=O)N[C@H]2CS[C@@H](NCCCC(=O)NCCOCCOCCOCCOCCC(=O)ON3C(=O)CCC3=O)[C@H]21. The Labute approximate surface area is 249 Å². The van der Waals surface area contributed by atoms with Crippen molar-refractivity contribution in [1.29, 1.82) is 0 Å². The minimum Gasteiger partial charge on any atom is -0.378 e.